The summed E-state index contributed by atoms with van der Waals surface area (Å²) in [4.78, 5) is 4.11. The van der Waals surface area contributed by atoms with Crippen LogP contribution < -0.4 is 0 Å². The van der Waals surface area contributed by atoms with Crippen molar-refractivity contribution in [2.24, 2.45) is 0 Å². The topological polar surface area (TPSA) is 41.6 Å². The molecular weight excluding hydrogens is 270 g/mol. The van der Waals surface area contributed by atoms with Gasteiger partial charge in [-0.25, -0.2) is 4.98 Å². The monoisotopic (exact) mass is 287 g/mol. The first-order valence-corrected chi connectivity index (χ1v) is 7.43. The van der Waals surface area contributed by atoms with Gasteiger partial charge >= 0.3 is 0 Å². The summed E-state index contributed by atoms with van der Waals surface area (Å²) in [6, 6.07) is 16.4. The number of benzene rings is 2. The zero-order valence-corrected chi connectivity index (χ0v) is 12.5. The van der Waals surface area contributed by atoms with Crippen molar-refractivity contribution in [2.45, 2.75) is 19.8 Å². The fourth-order valence-electron chi connectivity index (χ4n) is 2.63. The second-order valence-electron chi connectivity index (χ2n) is 5.25. The largest absolute Gasteiger partial charge is 0.306 e. The van der Waals surface area contributed by atoms with Gasteiger partial charge in [0, 0.05) is 18.1 Å². The molecule has 0 bridgehead atoms. The van der Waals surface area contributed by atoms with E-state index < -0.39 is 0 Å². The molecule has 0 aliphatic rings. The summed E-state index contributed by atoms with van der Waals surface area (Å²) < 4.78 is 2.02. The average molecular weight is 287 g/mol. The number of nitrogens with zero attached hydrogens (tertiary/aromatic N) is 3. The lowest BCUT2D eigenvalue weighted by Crippen LogP contribution is -1.95. The van der Waals surface area contributed by atoms with E-state index in [0.717, 1.165) is 24.1 Å². The van der Waals surface area contributed by atoms with Gasteiger partial charge in [0.25, 0.3) is 0 Å². The maximum absolute atomic E-state index is 8.92. The Hall–Kier alpha value is -2.86. The Kier molecular flexibility index (Phi) is 4.02. The molecule has 108 valence electrons. The average Bonchev–Trinajstić information content (AvgIpc) is 3.10. The van der Waals surface area contributed by atoms with Crippen LogP contribution in [-0.4, -0.2) is 9.55 Å². The maximum Gasteiger partial charge on any atom is 0.0991 e. The molecule has 2 aromatic carbocycles. The van der Waals surface area contributed by atoms with Crippen LogP contribution in [0.3, 0.4) is 0 Å². The Morgan fingerprint density at radius 2 is 1.95 bits per heavy atom. The predicted molar refractivity (Wildman–Crippen MR) is 87.7 cm³/mol. The zero-order valence-electron chi connectivity index (χ0n) is 12.5. The SMILES string of the molecule is CCCc1cc(-n2ccnc2)ccc1-c1ccc(C#N)cc1. The molecule has 3 nitrogen and oxygen atoms in total. The van der Waals surface area contributed by atoms with Gasteiger partial charge in [0.05, 0.1) is 18.0 Å². The molecule has 0 radical (unpaired) electrons. The van der Waals surface area contributed by atoms with E-state index in [0.29, 0.717) is 5.56 Å². The van der Waals surface area contributed by atoms with Crippen molar-refractivity contribution >= 4 is 0 Å². The van der Waals surface area contributed by atoms with Crippen LogP contribution in [0.4, 0.5) is 0 Å². The molecule has 0 atom stereocenters. The normalized spacial score (nSPS) is 10.4. The summed E-state index contributed by atoms with van der Waals surface area (Å²) in [6.07, 6.45) is 7.67. The molecule has 0 saturated carbocycles. The minimum Gasteiger partial charge on any atom is -0.306 e. The van der Waals surface area contributed by atoms with E-state index in [1.54, 1.807) is 6.20 Å². The molecule has 0 unspecified atom stereocenters. The van der Waals surface area contributed by atoms with Crippen molar-refractivity contribution < 1.29 is 0 Å². The van der Waals surface area contributed by atoms with Crippen LogP contribution in [0.2, 0.25) is 0 Å². The summed E-state index contributed by atoms with van der Waals surface area (Å²) in [6.45, 7) is 2.19. The molecule has 0 aliphatic carbocycles. The molecule has 22 heavy (non-hydrogen) atoms. The van der Waals surface area contributed by atoms with Crippen LogP contribution >= 0.6 is 0 Å². The molecule has 3 aromatic rings. The van der Waals surface area contributed by atoms with E-state index in [9.17, 15) is 0 Å². The number of aryl methyl sites for hydroxylation is 1. The molecule has 0 spiro atoms. The van der Waals surface area contributed by atoms with Crippen molar-refractivity contribution in [2.75, 3.05) is 0 Å². The highest BCUT2D eigenvalue weighted by atomic mass is 15.0. The van der Waals surface area contributed by atoms with Crippen LogP contribution in [0.5, 0.6) is 0 Å². The van der Waals surface area contributed by atoms with Crippen molar-refractivity contribution in [1.29, 1.82) is 5.26 Å². The van der Waals surface area contributed by atoms with Crippen LogP contribution in [0.15, 0.2) is 61.2 Å². The Bertz CT molecular complexity index is 794. The highest BCUT2D eigenvalue weighted by Crippen LogP contribution is 2.27. The standard InChI is InChI=1S/C19H17N3/c1-2-3-17-12-18(22-11-10-21-14-22)8-9-19(17)16-6-4-15(13-20)5-7-16/h4-12,14H,2-3H2,1H3. The molecule has 0 N–H and O–H groups in total. The number of imidazole rings is 1. The third kappa shape index (κ3) is 2.77. The van der Waals surface area contributed by atoms with Gasteiger partial charge in [0.1, 0.15) is 0 Å². The Morgan fingerprint density at radius 3 is 2.59 bits per heavy atom. The summed E-state index contributed by atoms with van der Waals surface area (Å²) in [7, 11) is 0. The quantitative estimate of drug-likeness (QED) is 0.715. The van der Waals surface area contributed by atoms with Gasteiger partial charge < -0.3 is 4.57 Å². The number of rotatable bonds is 4. The third-order valence-corrected chi connectivity index (χ3v) is 3.74. The van der Waals surface area contributed by atoms with Crippen LogP contribution in [0.1, 0.15) is 24.5 Å². The molecule has 1 aromatic heterocycles. The number of aromatic nitrogens is 2. The van der Waals surface area contributed by atoms with Crippen molar-refractivity contribution in [3.8, 4) is 22.9 Å². The van der Waals surface area contributed by atoms with Crippen molar-refractivity contribution in [3.05, 3.63) is 72.3 Å². The van der Waals surface area contributed by atoms with Gasteiger partial charge in [0.2, 0.25) is 0 Å². The van der Waals surface area contributed by atoms with E-state index in [1.807, 2.05) is 41.4 Å². The molecule has 0 amide bonds. The highest BCUT2D eigenvalue weighted by molar-refractivity contribution is 5.69. The maximum atomic E-state index is 8.92. The Balaban J connectivity index is 2.04. The molecule has 0 aliphatic heterocycles. The fourth-order valence-corrected chi connectivity index (χ4v) is 2.63. The van der Waals surface area contributed by atoms with Gasteiger partial charge in [0.15, 0.2) is 0 Å². The van der Waals surface area contributed by atoms with E-state index in [4.69, 9.17) is 5.26 Å². The fraction of sp³-hybridized carbons (Fsp3) is 0.158. The minimum absolute atomic E-state index is 0.691. The predicted octanol–water partition coefficient (Wildman–Crippen LogP) is 4.36. The summed E-state index contributed by atoms with van der Waals surface area (Å²) >= 11 is 0. The summed E-state index contributed by atoms with van der Waals surface area (Å²) in [5.74, 6) is 0. The van der Waals surface area contributed by atoms with E-state index >= 15 is 0 Å². The molecule has 0 saturated heterocycles. The number of hydrogen-bond acceptors (Lipinski definition) is 2. The van der Waals surface area contributed by atoms with Crippen LogP contribution in [-0.2, 0) is 6.42 Å². The number of hydrogen-bond donors (Lipinski definition) is 0. The lowest BCUT2D eigenvalue weighted by molar-refractivity contribution is 0.918. The summed E-state index contributed by atoms with van der Waals surface area (Å²) in [5, 5.41) is 8.92. The van der Waals surface area contributed by atoms with E-state index in [2.05, 4.69) is 36.2 Å². The van der Waals surface area contributed by atoms with Gasteiger partial charge in [-0.2, -0.15) is 5.26 Å². The van der Waals surface area contributed by atoms with Crippen molar-refractivity contribution in [3.63, 3.8) is 0 Å². The lowest BCUT2D eigenvalue weighted by Gasteiger charge is -2.12. The van der Waals surface area contributed by atoms with Gasteiger partial charge in [-0.05, 0) is 47.4 Å². The minimum atomic E-state index is 0.691. The lowest BCUT2D eigenvalue weighted by atomic mass is 9.95. The van der Waals surface area contributed by atoms with Gasteiger partial charge in [-0.3, -0.25) is 0 Å². The smallest absolute Gasteiger partial charge is 0.0991 e. The molecule has 0 fully saturated rings. The molecule has 3 rings (SSSR count). The highest BCUT2D eigenvalue weighted by Gasteiger charge is 2.07. The second-order valence-corrected chi connectivity index (χ2v) is 5.25. The first-order valence-electron chi connectivity index (χ1n) is 7.43. The van der Waals surface area contributed by atoms with Crippen LogP contribution in [0, 0.1) is 11.3 Å². The third-order valence-electron chi connectivity index (χ3n) is 3.74. The summed E-state index contributed by atoms with van der Waals surface area (Å²) in [5.41, 5.74) is 5.52. The van der Waals surface area contributed by atoms with E-state index in [-0.39, 0.29) is 0 Å². The van der Waals surface area contributed by atoms with E-state index in [1.165, 1.54) is 11.1 Å². The van der Waals surface area contributed by atoms with Crippen molar-refractivity contribution in [1.82, 2.24) is 9.55 Å². The Labute approximate surface area is 130 Å². The van der Waals surface area contributed by atoms with Crippen LogP contribution in [0.25, 0.3) is 16.8 Å². The first kappa shape index (κ1) is 14.1. The van der Waals surface area contributed by atoms with Gasteiger partial charge in [-0.1, -0.05) is 31.5 Å². The molecular formula is C19H17N3. The Morgan fingerprint density at radius 1 is 1.14 bits per heavy atom. The zero-order chi connectivity index (χ0) is 15.4. The second kappa shape index (κ2) is 6.28. The first-order chi connectivity index (χ1) is 10.8. The van der Waals surface area contributed by atoms with Gasteiger partial charge in [-0.15, -0.1) is 0 Å². The molecule has 1 heterocycles. The molecule has 3 heteroatoms. The number of nitriles is 1.